The van der Waals surface area contributed by atoms with Crippen LogP contribution < -0.4 is 0 Å². The highest BCUT2D eigenvalue weighted by molar-refractivity contribution is 14.1. The third-order valence-corrected chi connectivity index (χ3v) is 3.54. The van der Waals surface area contributed by atoms with Gasteiger partial charge in [-0.2, -0.15) is 0 Å². The number of halogens is 1. The van der Waals surface area contributed by atoms with Crippen molar-refractivity contribution >= 4 is 28.3 Å². The van der Waals surface area contributed by atoms with Crippen molar-refractivity contribution in [2.24, 2.45) is 5.16 Å². The number of rotatable bonds is 4. The molecule has 0 aliphatic rings. The highest BCUT2D eigenvalue weighted by Gasteiger charge is 2.09. The molecule has 92 valence electrons. The molecule has 2 aromatic carbocycles. The lowest BCUT2D eigenvalue weighted by Crippen LogP contribution is -2.08. The maximum Gasteiger partial charge on any atom is 0.106 e. The van der Waals surface area contributed by atoms with Gasteiger partial charge in [-0.1, -0.05) is 53.7 Å². The maximum absolute atomic E-state index is 4.97. The van der Waals surface area contributed by atoms with E-state index in [0.717, 1.165) is 17.7 Å². The van der Waals surface area contributed by atoms with E-state index in [1.165, 1.54) is 9.13 Å². The van der Waals surface area contributed by atoms with Crippen molar-refractivity contribution in [1.82, 2.24) is 0 Å². The monoisotopic (exact) mass is 351 g/mol. The summed E-state index contributed by atoms with van der Waals surface area (Å²) in [6.07, 6.45) is 0.773. The third-order valence-electron chi connectivity index (χ3n) is 2.60. The summed E-state index contributed by atoms with van der Waals surface area (Å²) in [7, 11) is 1.58. The largest absolute Gasteiger partial charge is 0.399 e. The third kappa shape index (κ3) is 3.32. The molecule has 18 heavy (non-hydrogen) atoms. The van der Waals surface area contributed by atoms with Gasteiger partial charge in [-0.25, -0.2) is 0 Å². The Hall–Kier alpha value is -1.36. The summed E-state index contributed by atoms with van der Waals surface area (Å²) in [5.41, 5.74) is 3.31. The van der Waals surface area contributed by atoms with E-state index in [1.807, 2.05) is 30.3 Å². The van der Waals surface area contributed by atoms with Crippen LogP contribution >= 0.6 is 22.6 Å². The standard InChI is InChI=1S/C15H14INO/c1-18-17-15(11-12-7-3-2-4-8-12)13-9-5-6-10-14(13)16/h2-10H,11H2,1H3/b17-15-. The lowest BCUT2D eigenvalue weighted by Gasteiger charge is -2.08. The average molecular weight is 351 g/mol. The molecular weight excluding hydrogens is 337 g/mol. The van der Waals surface area contributed by atoms with Crippen molar-refractivity contribution < 1.29 is 4.84 Å². The van der Waals surface area contributed by atoms with Gasteiger partial charge in [0.15, 0.2) is 0 Å². The summed E-state index contributed by atoms with van der Waals surface area (Å²) in [6, 6.07) is 18.5. The molecule has 0 saturated carbocycles. The van der Waals surface area contributed by atoms with Crippen molar-refractivity contribution in [2.75, 3.05) is 7.11 Å². The molecule has 0 aliphatic heterocycles. The summed E-state index contributed by atoms with van der Waals surface area (Å²) in [5.74, 6) is 0. The normalized spacial score (nSPS) is 11.3. The van der Waals surface area contributed by atoms with Crippen LogP contribution in [-0.4, -0.2) is 12.8 Å². The Morgan fingerprint density at radius 2 is 1.72 bits per heavy atom. The molecular formula is C15H14INO. The highest BCUT2D eigenvalue weighted by Crippen LogP contribution is 2.15. The van der Waals surface area contributed by atoms with Crippen molar-refractivity contribution in [3.8, 4) is 0 Å². The van der Waals surface area contributed by atoms with E-state index < -0.39 is 0 Å². The molecule has 3 heteroatoms. The van der Waals surface area contributed by atoms with Gasteiger partial charge in [-0.15, -0.1) is 0 Å². The molecule has 0 saturated heterocycles. The molecule has 2 rings (SSSR count). The second-order valence-electron chi connectivity index (χ2n) is 3.86. The average Bonchev–Trinajstić information content (AvgIpc) is 2.40. The minimum absolute atomic E-state index is 0.773. The van der Waals surface area contributed by atoms with Crippen LogP contribution in [0, 0.1) is 3.57 Å². The zero-order valence-electron chi connectivity index (χ0n) is 10.1. The molecule has 0 unspecified atom stereocenters. The predicted octanol–water partition coefficient (Wildman–Crippen LogP) is 3.88. The second kappa shape index (κ2) is 6.54. The molecule has 0 fully saturated rings. The molecule has 0 aliphatic carbocycles. The zero-order valence-corrected chi connectivity index (χ0v) is 12.3. The van der Waals surface area contributed by atoms with Crippen LogP contribution in [0.2, 0.25) is 0 Å². The molecule has 0 N–H and O–H groups in total. The smallest absolute Gasteiger partial charge is 0.106 e. The van der Waals surface area contributed by atoms with E-state index in [0.29, 0.717) is 0 Å². The fourth-order valence-electron chi connectivity index (χ4n) is 1.77. The molecule has 0 atom stereocenters. The highest BCUT2D eigenvalue weighted by atomic mass is 127. The molecule has 2 aromatic rings. The Morgan fingerprint density at radius 3 is 2.39 bits per heavy atom. The molecule has 0 radical (unpaired) electrons. The summed E-state index contributed by atoms with van der Waals surface area (Å²) >= 11 is 2.32. The summed E-state index contributed by atoms with van der Waals surface area (Å²) in [6.45, 7) is 0. The topological polar surface area (TPSA) is 21.6 Å². The van der Waals surface area contributed by atoms with Crippen LogP contribution in [0.5, 0.6) is 0 Å². The van der Waals surface area contributed by atoms with Crippen molar-refractivity contribution in [3.05, 3.63) is 69.3 Å². The van der Waals surface area contributed by atoms with Crippen LogP contribution in [-0.2, 0) is 11.3 Å². The number of benzene rings is 2. The van der Waals surface area contributed by atoms with Gasteiger partial charge in [-0.3, -0.25) is 0 Å². The van der Waals surface area contributed by atoms with Crippen LogP contribution in [0.4, 0.5) is 0 Å². The first-order chi connectivity index (χ1) is 8.81. The number of oxime groups is 1. The predicted molar refractivity (Wildman–Crippen MR) is 82.9 cm³/mol. The molecule has 2 nitrogen and oxygen atoms in total. The summed E-state index contributed by atoms with van der Waals surface area (Å²) < 4.78 is 1.18. The fourth-order valence-corrected chi connectivity index (χ4v) is 2.47. The molecule has 0 heterocycles. The van der Waals surface area contributed by atoms with E-state index in [9.17, 15) is 0 Å². The van der Waals surface area contributed by atoms with Gasteiger partial charge in [0.1, 0.15) is 7.11 Å². The van der Waals surface area contributed by atoms with Gasteiger partial charge in [0.25, 0.3) is 0 Å². The Labute approximate surface area is 121 Å². The number of nitrogens with zero attached hydrogens (tertiary/aromatic N) is 1. The number of hydrogen-bond donors (Lipinski definition) is 0. The molecule has 0 amide bonds. The Kier molecular flexibility index (Phi) is 4.75. The minimum atomic E-state index is 0.773. The lowest BCUT2D eigenvalue weighted by atomic mass is 10.0. The molecule has 0 bridgehead atoms. The van der Waals surface area contributed by atoms with Gasteiger partial charge in [0.05, 0.1) is 5.71 Å². The van der Waals surface area contributed by atoms with E-state index in [-0.39, 0.29) is 0 Å². The van der Waals surface area contributed by atoms with Gasteiger partial charge >= 0.3 is 0 Å². The van der Waals surface area contributed by atoms with Crippen LogP contribution in [0.25, 0.3) is 0 Å². The minimum Gasteiger partial charge on any atom is -0.399 e. The van der Waals surface area contributed by atoms with Crippen LogP contribution in [0.3, 0.4) is 0 Å². The first-order valence-corrected chi connectivity index (χ1v) is 6.78. The first-order valence-electron chi connectivity index (χ1n) is 5.70. The second-order valence-corrected chi connectivity index (χ2v) is 5.02. The van der Waals surface area contributed by atoms with Crippen LogP contribution in [0.1, 0.15) is 11.1 Å². The first kappa shape index (κ1) is 13.1. The molecule has 0 aromatic heterocycles. The zero-order chi connectivity index (χ0) is 12.8. The number of hydrogen-bond acceptors (Lipinski definition) is 2. The van der Waals surface area contributed by atoms with Crippen molar-refractivity contribution in [1.29, 1.82) is 0 Å². The Morgan fingerprint density at radius 1 is 1.06 bits per heavy atom. The maximum atomic E-state index is 4.97. The van der Waals surface area contributed by atoms with Gasteiger partial charge in [0, 0.05) is 15.6 Å². The van der Waals surface area contributed by atoms with E-state index in [1.54, 1.807) is 7.11 Å². The lowest BCUT2D eigenvalue weighted by molar-refractivity contribution is 0.213. The van der Waals surface area contributed by atoms with E-state index in [2.05, 4.69) is 52.0 Å². The molecule has 0 spiro atoms. The Balaban J connectivity index is 2.31. The van der Waals surface area contributed by atoms with Crippen molar-refractivity contribution in [2.45, 2.75) is 6.42 Å². The SMILES string of the molecule is CO/N=C(/Cc1ccccc1)c1ccccc1I. The summed E-state index contributed by atoms with van der Waals surface area (Å²) in [4.78, 5) is 4.97. The summed E-state index contributed by atoms with van der Waals surface area (Å²) in [5, 5.41) is 4.16. The van der Waals surface area contributed by atoms with Crippen LogP contribution in [0.15, 0.2) is 59.8 Å². The van der Waals surface area contributed by atoms with Crippen molar-refractivity contribution in [3.63, 3.8) is 0 Å². The Bertz CT molecular complexity index is 537. The van der Waals surface area contributed by atoms with Gasteiger partial charge < -0.3 is 4.84 Å². The fraction of sp³-hybridized carbons (Fsp3) is 0.133. The van der Waals surface area contributed by atoms with E-state index >= 15 is 0 Å². The quantitative estimate of drug-likeness (QED) is 0.465. The van der Waals surface area contributed by atoms with Gasteiger partial charge in [0.2, 0.25) is 0 Å². The van der Waals surface area contributed by atoms with Gasteiger partial charge in [-0.05, 0) is 34.2 Å². The van der Waals surface area contributed by atoms with E-state index in [4.69, 9.17) is 4.84 Å².